The molecule has 96 valence electrons. The molecule has 0 saturated carbocycles. The van der Waals surface area contributed by atoms with Crippen molar-refractivity contribution in [2.24, 2.45) is 0 Å². The number of hydrogen-bond donors (Lipinski definition) is 0. The molecule has 1 heterocycles. The van der Waals surface area contributed by atoms with E-state index < -0.39 is 0 Å². The summed E-state index contributed by atoms with van der Waals surface area (Å²) in [6.07, 6.45) is 0. The third kappa shape index (κ3) is 2.17. The van der Waals surface area contributed by atoms with E-state index in [9.17, 15) is 0 Å². The molecule has 0 aliphatic heterocycles. The topological polar surface area (TPSA) is 18.5 Å². The van der Waals surface area contributed by atoms with Gasteiger partial charge < -0.3 is 9.47 Å². The molecule has 19 heavy (non-hydrogen) atoms. The van der Waals surface area contributed by atoms with Crippen LogP contribution in [0, 0.1) is 0 Å². The molecular weight excluding hydrogens is 256 g/mol. The van der Waals surface area contributed by atoms with E-state index in [1.165, 1.54) is 15.0 Å². The monoisotopic (exact) mass is 271 g/mol. The molecule has 0 spiro atoms. The Morgan fingerprint density at radius 2 is 1.47 bits per heavy atom. The SMILES string of the molecule is COc1ccc(-[s+]2ccc3ccc(OC)cc32)cc1. The maximum atomic E-state index is 5.32. The van der Waals surface area contributed by atoms with E-state index in [2.05, 4.69) is 35.7 Å². The van der Waals surface area contributed by atoms with Gasteiger partial charge in [0.2, 0.25) is 0 Å². The maximum absolute atomic E-state index is 5.32. The van der Waals surface area contributed by atoms with E-state index in [0.717, 1.165) is 11.5 Å². The van der Waals surface area contributed by atoms with E-state index >= 15 is 0 Å². The second kappa shape index (κ2) is 4.94. The number of fused-ring (bicyclic) bond motifs is 1. The van der Waals surface area contributed by atoms with Crippen LogP contribution in [0.2, 0.25) is 0 Å². The molecule has 3 aromatic rings. The molecule has 1 aromatic heterocycles. The molecule has 2 nitrogen and oxygen atoms in total. The molecule has 0 N–H and O–H groups in total. The Balaban J connectivity index is 2.12. The molecule has 1 unspecified atom stereocenters. The fourth-order valence-corrected chi connectivity index (χ4v) is 4.02. The summed E-state index contributed by atoms with van der Waals surface area (Å²) in [6.45, 7) is 0. The first-order chi connectivity index (χ1) is 9.31. The Morgan fingerprint density at radius 3 is 2.16 bits per heavy atom. The average Bonchev–Trinajstić information content (AvgIpc) is 2.90. The lowest BCUT2D eigenvalue weighted by atomic mass is 10.2. The number of thiophene rings is 1. The molecule has 0 aliphatic carbocycles. The Kier molecular flexibility index (Phi) is 3.13. The summed E-state index contributed by atoms with van der Waals surface area (Å²) in [5, 5.41) is 3.53. The van der Waals surface area contributed by atoms with Gasteiger partial charge in [0.1, 0.15) is 16.9 Å². The zero-order valence-corrected chi connectivity index (χ0v) is 11.7. The van der Waals surface area contributed by atoms with Gasteiger partial charge in [-0.05, 0) is 24.3 Å². The molecule has 1 atom stereocenters. The van der Waals surface area contributed by atoms with Crippen LogP contribution in [-0.4, -0.2) is 14.2 Å². The first-order valence-electron chi connectivity index (χ1n) is 6.05. The number of rotatable bonds is 3. The van der Waals surface area contributed by atoms with Gasteiger partial charge in [0, 0.05) is 40.1 Å². The van der Waals surface area contributed by atoms with Crippen LogP contribution in [0.5, 0.6) is 11.5 Å². The summed E-state index contributed by atoms with van der Waals surface area (Å²) in [5.41, 5.74) is 0. The Morgan fingerprint density at radius 1 is 0.789 bits per heavy atom. The molecular formula is C16H15O2S+. The third-order valence-corrected chi connectivity index (χ3v) is 5.17. The van der Waals surface area contributed by atoms with Gasteiger partial charge in [-0.1, -0.05) is 0 Å². The fourth-order valence-electron chi connectivity index (χ4n) is 2.11. The Hall–Kier alpha value is -2.00. The predicted molar refractivity (Wildman–Crippen MR) is 80.9 cm³/mol. The van der Waals surface area contributed by atoms with Crippen molar-refractivity contribution >= 4 is 20.6 Å². The highest BCUT2D eigenvalue weighted by atomic mass is 32.2. The van der Waals surface area contributed by atoms with Crippen molar-refractivity contribution in [2.45, 2.75) is 0 Å². The number of benzene rings is 2. The van der Waals surface area contributed by atoms with Crippen molar-refractivity contribution in [1.29, 1.82) is 0 Å². The standard InChI is InChI=1S/C16H15O2S/c1-17-13-5-7-15(8-6-13)19-10-9-12-3-4-14(18-2)11-16(12)19/h3-11H,1-2H3/q+1. The van der Waals surface area contributed by atoms with Crippen molar-refractivity contribution in [1.82, 2.24) is 0 Å². The minimum Gasteiger partial charge on any atom is -0.497 e. The van der Waals surface area contributed by atoms with Crippen molar-refractivity contribution < 1.29 is 9.47 Å². The first-order valence-corrected chi connectivity index (χ1v) is 7.34. The minimum atomic E-state index is -0.00387. The van der Waals surface area contributed by atoms with E-state index in [4.69, 9.17) is 9.47 Å². The highest BCUT2D eigenvalue weighted by molar-refractivity contribution is 7.43. The smallest absolute Gasteiger partial charge is 0.190 e. The van der Waals surface area contributed by atoms with Crippen LogP contribution in [0.15, 0.2) is 53.9 Å². The lowest BCUT2D eigenvalue weighted by Crippen LogP contribution is -1.81. The molecule has 0 amide bonds. The van der Waals surface area contributed by atoms with Crippen LogP contribution in [0.1, 0.15) is 0 Å². The summed E-state index contributed by atoms with van der Waals surface area (Å²) in [7, 11) is 3.39. The van der Waals surface area contributed by atoms with Crippen LogP contribution >= 0.6 is 10.5 Å². The highest BCUT2D eigenvalue weighted by Crippen LogP contribution is 2.41. The minimum absolute atomic E-state index is 0.00387. The highest BCUT2D eigenvalue weighted by Gasteiger charge is 2.16. The normalized spacial score (nSPS) is 11.6. The van der Waals surface area contributed by atoms with Gasteiger partial charge in [0.25, 0.3) is 0 Å². The van der Waals surface area contributed by atoms with Crippen LogP contribution in [0.25, 0.3) is 15.0 Å². The van der Waals surface area contributed by atoms with Gasteiger partial charge in [-0.15, -0.1) is 0 Å². The number of ether oxygens (including phenoxy) is 2. The summed E-state index contributed by atoms with van der Waals surface area (Å²) in [6, 6.07) is 16.7. The van der Waals surface area contributed by atoms with Gasteiger partial charge in [-0.2, -0.15) is 0 Å². The molecule has 3 rings (SSSR count). The molecule has 2 aromatic carbocycles. The van der Waals surface area contributed by atoms with E-state index in [-0.39, 0.29) is 10.5 Å². The zero-order valence-electron chi connectivity index (χ0n) is 10.9. The first kappa shape index (κ1) is 12.1. The fraction of sp³-hybridized carbons (Fsp3) is 0.125. The maximum Gasteiger partial charge on any atom is 0.190 e. The largest absolute Gasteiger partial charge is 0.497 e. The summed E-state index contributed by atoms with van der Waals surface area (Å²) in [5.74, 6) is 1.80. The molecule has 0 saturated heterocycles. The second-order valence-corrected chi connectivity index (χ2v) is 6.08. The zero-order chi connectivity index (χ0) is 13.2. The molecule has 0 bridgehead atoms. The molecule has 0 aliphatic rings. The van der Waals surface area contributed by atoms with Crippen molar-refractivity contribution in [2.75, 3.05) is 14.2 Å². The summed E-state index contributed by atoms with van der Waals surface area (Å²) in [4.78, 5) is 1.30. The van der Waals surface area contributed by atoms with Gasteiger partial charge in [-0.3, -0.25) is 0 Å². The second-order valence-electron chi connectivity index (χ2n) is 4.22. The van der Waals surface area contributed by atoms with E-state index in [0.29, 0.717) is 0 Å². The lowest BCUT2D eigenvalue weighted by Gasteiger charge is -1.99. The van der Waals surface area contributed by atoms with Gasteiger partial charge >= 0.3 is 0 Å². The Bertz CT molecular complexity index is 698. The quantitative estimate of drug-likeness (QED) is 0.648. The van der Waals surface area contributed by atoms with Gasteiger partial charge in [0.15, 0.2) is 9.60 Å². The van der Waals surface area contributed by atoms with Crippen LogP contribution in [0.3, 0.4) is 0 Å². The molecule has 0 radical (unpaired) electrons. The van der Waals surface area contributed by atoms with Crippen molar-refractivity contribution in [3.05, 3.63) is 53.9 Å². The molecule has 0 fully saturated rings. The predicted octanol–water partition coefficient (Wildman–Crippen LogP) is 4.60. The van der Waals surface area contributed by atoms with Crippen molar-refractivity contribution in [3.63, 3.8) is 0 Å². The van der Waals surface area contributed by atoms with Crippen LogP contribution in [0.4, 0.5) is 0 Å². The van der Waals surface area contributed by atoms with Crippen LogP contribution < -0.4 is 9.47 Å². The van der Waals surface area contributed by atoms with E-state index in [1.807, 2.05) is 18.2 Å². The average molecular weight is 271 g/mol. The number of hydrogen-bond acceptors (Lipinski definition) is 2. The summed E-state index contributed by atoms with van der Waals surface area (Å²) < 4.78 is 11.8. The lowest BCUT2D eigenvalue weighted by molar-refractivity contribution is 0.415. The summed E-state index contributed by atoms with van der Waals surface area (Å²) >= 11 is 0. The molecule has 3 heteroatoms. The van der Waals surface area contributed by atoms with Crippen molar-refractivity contribution in [3.8, 4) is 16.4 Å². The van der Waals surface area contributed by atoms with Gasteiger partial charge in [-0.25, -0.2) is 0 Å². The number of methoxy groups -OCH3 is 2. The third-order valence-electron chi connectivity index (χ3n) is 3.15. The van der Waals surface area contributed by atoms with Gasteiger partial charge in [0.05, 0.1) is 14.2 Å². The van der Waals surface area contributed by atoms with E-state index in [1.54, 1.807) is 14.2 Å². The Labute approximate surface area is 115 Å². The van der Waals surface area contributed by atoms with Crippen LogP contribution in [-0.2, 0) is 0 Å².